The maximum atomic E-state index is 3.70. The molecule has 0 nitrogen and oxygen atoms in total. The fourth-order valence-corrected chi connectivity index (χ4v) is 0.789. The van der Waals surface area contributed by atoms with Crippen LogP contribution < -0.4 is 0 Å². The maximum Gasteiger partial charge on any atom is -0.0241 e. The van der Waals surface area contributed by atoms with Gasteiger partial charge in [0.1, 0.15) is 0 Å². The van der Waals surface area contributed by atoms with Gasteiger partial charge in [0.15, 0.2) is 0 Å². The number of rotatable bonds is 6. The minimum atomic E-state index is 0.648. The van der Waals surface area contributed by atoms with Gasteiger partial charge in [-0.2, -0.15) is 0 Å². The molecular weight excluding hydrogens is 216 g/mol. The van der Waals surface area contributed by atoms with Crippen LogP contribution in [0.15, 0.2) is 38.0 Å². The zero-order valence-corrected chi connectivity index (χ0v) is 13.7. The average Bonchev–Trinajstić information content (AvgIpc) is 2.41. The van der Waals surface area contributed by atoms with Gasteiger partial charge in [0.2, 0.25) is 0 Å². The van der Waals surface area contributed by atoms with E-state index < -0.39 is 0 Å². The van der Waals surface area contributed by atoms with Crippen LogP contribution in [0.25, 0.3) is 0 Å². The Morgan fingerprint density at radius 2 is 1.11 bits per heavy atom. The summed E-state index contributed by atoms with van der Waals surface area (Å²) in [5, 5.41) is 0. The molecule has 0 spiro atoms. The SMILES string of the molecule is C=CC(C)C.C=CC(C)CC.C=CC(CC)CC. The van der Waals surface area contributed by atoms with Crippen molar-refractivity contribution in [3.8, 4) is 0 Å². The van der Waals surface area contributed by atoms with Crippen LogP contribution in [-0.4, -0.2) is 0 Å². The molecule has 0 aromatic carbocycles. The lowest BCUT2D eigenvalue weighted by Crippen LogP contribution is -1.87. The van der Waals surface area contributed by atoms with E-state index in [0.29, 0.717) is 11.8 Å². The molecule has 0 radical (unpaired) electrons. The van der Waals surface area contributed by atoms with E-state index in [-0.39, 0.29) is 0 Å². The molecule has 0 aromatic heterocycles. The second-order valence-corrected chi connectivity index (χ2v) is 4.91. The van der Waals surface area contributed by atoms with Gasteiger partial charge in [0.25, 0.3) is 0 Å². The molecule has 0 saturated heterocycles. The van der Waals surface area contributed by atoms with Crippen LogP contribution in [0.4, 0.5) is 0 Å². The van der Waals surface area contributed by atoms with Gasteiger partial charge < -0.3 is 0 Å². The lowest BCUT2D eigenvalue weighted by Gasteiger charge is -2.01. The highest BCUT2D eigenvalue weighted by atomic mass is 14.0. The van der Waals surface area contributed by atoms with E-state index in [1.807, 2.05) is 18.2 Å². The Morgan fingerprint density at radius 3 is 1.11 bits per heavy atom. The molecule has 0 fully saturated rings. The van der Waals surface area contributed by atoms with Gasteiger partial charge in [-0.3, -0.25) is 0 Å². The normalized spacial score (nSPS) is 10.7. The van der Waals surface area contributed by atoms with E-state index >= 15 is 0 Å². The molecule has 108 valence electrons. The number of hydrogen-bond acceptors (Lipinski definition) is 0. The zero-order valence-electron chi connectivity index (χ0n) is 13.7. The summed E-state index contributed by atoms with van der Waals surface area (Å²) in [6.07, 6.45) is 9.60. The highest BCUT2D eigenvalue weighted by molar-refractivity contribution is 4.75. The van der Waals surface area contributed by atoms with Crippen molar-refractivity contribution in [3.63, 3.8) is 0 Å². The Kier molecular flexibility index (Phi) is 23.1. The minimum Gasteiger partial charge on any atom is -0.103 e. The Labute approximate surface area is 117 Å². The third-order valence-corrected chi connectivity index (χ3v) is 2.90. The lowest BCUT2D eigenvalue weighted by atomic mass is 10.0. The summed E-state index contributed by atoms with van der Waals surface area (Å²) in [5.41, 5.74) is 0. The fourth-order valence-electron chi connectivity index (χ4n) is 0.789. The topological polar surface area (TPSA) is 0 Å². The molecule has 0 amide bonds. The van der Waals surface area contributed by atoms with E-state index in [9.17, 15) is 0 Å². The first kappa shape index (κ1) is 22.4. The van der Waals surface area contributed by atoms with Gasteiger partial charge in [-0.15, -0.1) is 19.7 Å². The molecule has 0 aromatic rings. The highest BCUT2D eigenvalue weighted by Crippen LogP contribution is 2.06. The first-order valence-electron chi connectivity index (χ1n) is 7.30. The van der Waals surface area contributed by atoms with Crippen molar-refractivity contribution < 1.29 is 0 Å². The van der Waals surface area contributed by atoms with Crippen molar-refractivity contribution >= 4 is 0 Å². The summed E-state index contributed by atoms with van der Waals surface area (Å²) in [6, 6.07) is 0. The molecule has 0 aliphatic heterocycles. The van der Waals surface area contributed by atoms with Crippen LogP contribution in [0.5, 0.6) is 0 Å². The monoisotopic (exact) mass is 252 g/mol. The number of hydrogen-bond donors (Lipinski definition) is 0. The molecule has 0 saturated carbocycles. The molecule has 0 heterocycles. The van der Waals surface area contributed by atoms with E-state index in [2.05, 4.69) is 61.3 Å². The van der Waals surface area contributed by atoms with E-state index in [0.717, 1.165) is 5.92 Å². The van der Waals surface area contributed by atoms with Gasteiger partial charge in [-0.25, -0.2) is 0 Å². The molecule has 0 aliphatic rings. The minimum absolute atomic E-state index is 0.648. The second kappa shape index (κ2) is 18.6. The van der Waals surface area contributed by atoms with Gasteiger partial charge in [0, 0.05) is 0 Å². The van der Waals surface area contributed by atoms with Gasteiger partial charge in [0.05, 0.1) is 0 Å². The Balaban J connectivity index is -0.000000190. The number of allylic oxidation sites excluding steroid dienone is 3. The quantitative estimate of drug-likeness (QED) is 0.464. The van der Waals surface area contributed by atoms with Crippen LogP contribution >= 0.6 is 0 Å². The molecule has 0 aliphatic carbocycles. The maximum absolute atomic E-state index is 3.70. The fraction of sp³-hybridized carbons (Fsp3) is 0.667. The molecule has 1 atom stereocenters. The molecular formula is C18H36. The zero-order chi connectivity index (χ0) is 15.0. The van der Waals surface area contributed by atoms with Gasteiger partial charge >= 0.3 is 0 Å². The first-order valence-corrected chi connectivity index (χ1v) is 7.30. The van der Waals surface area contributed by atoms with E-state index in [4.69, 9.17) is 0 Å². The van der Waals surface area contributed by atoms with Crippen LogP contribution in [0.3, 0.4) is 0 Å². The third kappa shape index (κ3) is 24.4. The standard InChI is InChI=1S/C7H14.C6H12.C5H10/c1-4-7(5-2)6-3;1-4-6(3)5-2;1-4-5(2)3/h4,7H,1,5-6H2,2-3H3;4,6H,1,5H2,2-3H3;4-5H,1H2,2-3H3. The van der Waals surface area contributed by atoms with E-state index in [1.165, 1.54) is 19.3 Å². The predicted octanol–water partition coefficient (Wildman–Crippen LogP) is 6.66. The summed E-state index contributed by atoms with van der Waals surface area (Å²) < 4.78 is 0. The summed E-state index contributed by atoms with van der Waals surface area (Å²) in [4.78, 5) is 0. The molecule has 0 heteroatoms. The second-order valence-electron chi connectivity index (χ2n) is 4.91. The Bertz CT molecular complexity index is 172. The van der Waals surface area contributed by atoms with Crippen molar-refractivity contribution in [1.29, 1.82) is 0 Å². The molecule has 1 unspecified atom stereocenters. The van der Waals surface area contributed by atoms with Gasteiger partial charge in [-0.1, -0.05) is 66.2 Å². The van der Waals surface area contributed by atoms with Crippen molar-refractivity contribution in [1.82, 2.24) is 0 Å². The summed E-state index contributed by atoms with van der Waals surface area (Å²) in [7, 11) is 0. The van der Waals surface area contributed by atoms with Crippen molar-refractivity contribution in [2.45, 2.75) is 60.8 Å². The van der Waals surface area contributed by atoms with Crippen molar-refractivity contribution in [3.05, 3.63) is 38.0 Å². The molecule has 0 N–H and O–H groups in total. The van der Waals surface area contributed by atoms with Crippen molar-refractivity contribution in [2.75, 3.05) is 0 Å². The smallest absolute Gasteiger partial charge is 0.0241 e. The summed E-state index contributed by atoms with van der Waals surface area (Å²) in [5.74, 6) is 2.10. The third-order valence-electron chi connectivity index (χ3n) is 2.90. The van der Waals surface area contributed by atoms with Crippen LogP contribution in [0, 0.1) is 17.8 Å². The molecule has 18 heavy (non-hydrogen) atoms. The summed E-state index contributed by atoms with van der Waals surface area (Å²) in [6.45, 7) is 23.8. The average molecular weight is 252 g/mol. The van der Waals surface area contributed by atoms with Crippen LogP contribution in [0.2, 0.25) is 0 Å². The summed E-state index contributed by atoms with van der Waals surface area (Å²) >= 11 is 0. The predicted molar refractivity (Wildman–Crippen MR) is 89.0 cm³/mol. The molecule has 0 bridgehead atoms. The van der Waals surface area contributed by atoms with Crippen molar-refractivity contribution in [2.24, 2.45) is 17.8 Å². The molecule has 0 rings (SSSR count). The van der Waals surface area contributed by atoms with E-state index in [1.54, 1.807) is 0 Å². The first-order chi connectivity index (χ1) is 8.42. The van der Waals surface area contributed by atoms with Crippen LogP contribution in [0.1, 0.15) is 60.8 Å². The highest BCUT2D eigenvalue weighted by Gasteiger charge is 1.92. The Morgan fingerprint density at radius 1 is 0.722 bits per heavy atom. The largest absolute Gasteiger partial charge is 0.103 e. The van der Waals surface area contributed by atoms with Gasteiger partial charge in [-0.05, 0) is 30.6 Å². The lowest BCUT2D eigenvalue weighted by molar-refractivity contribution is 0.607. The Hall–Kier alpha value is -0.780. The van der Waals surface area contributed by atoms with Crippen LogP contribution in [-0.2, 0) is 0 Å².